The minimum atomic E-state index is 0.987. The molecule has 0 aliphatic carbocycles. The van der Waals surface area contributed by atoms with E-state index in [4.69, 9.17) is 0 Å². The van der Waals surface area contributed by atoms with Crippen LogP contribution in [-0.4, -0.2) is 9.97 Å². The zero-order valence-corrected chi connectivity index (χ0v) is 8.36. The zero-order valence-electron chi connectivity index (χ0n) is 8.36. The molecule has 1 heterocycles. The normalized spacial score (nSPS) is 10.1. The van der Waals surface area contributed by atoms with E-state index in [0.717, 1.165) is 5.69 Å². The minimum Gasteiger partial charge on any atom is -0.245 e. The van der Waals surface area contributed by atoms with Gasteiger partial charge in [0.1, 0.15) is 6.33 Å². The average molecular weight is 184 g/mol. The lowest BCUT2D eigenvalue weighted by atomic mass is 10.0. The van der Waals surface area contributed by atoms with Crippen molar-refractivity contribution < 1.29 is 0 Å². The van der Waals surface area contributed by atoms with Crippen LogP contribution in [0.25, 0.3) is 11.3 Å². The predicted octanol–water partition coefficient (Wildman–Crippen LogP) is 2.76. The molecule has 0 saturated heterocycles. The summed E-state index contributed by atoms with van der Waals surface area (Å²) in [4.78, 5) is 8.15. The average Bonchev–Trinajstić information content (AvgIpc) is 2.23. The van der Waals surface area contributed by atoms with Gasteiger partial charge in [-0.2, -0.15) is 0 Å². The van der Waals surface area contributed by atoms with Crippen molar-refractivity contribution in [1.29, 1.82) is 0 Å². The summed E-state index contributed by atoms with van der Waals surface area (Å²) in [6, 6.07) is 8.19. The van der Waals surface area contributed by atoms with Crippen LogP contribution in [0.2, 0.25) is 0 Å². The first-order valence-electron chi connectivity index (χ1n) is 4.61. The van der Waals surface area contributed by atoms with Gasteiger partial charge in [0.2, 0.25) is 0 Å². The summed E-state index contributed by atoms with van der Waals surface area (Å²) >= 11 is 0. The Morgan fingerprint density at radius 2 is 1.93 bits per heavy atom. The highest BCUT2D eigenvalue weighted by Gasteiger charge is 2.03. The molecule has 1 aromatic heterocycles. The number of aromatic nitrogens is 2. The fraction of sp³-hybridized carbons (Fsp3) is 0.167. The Hall–Kier alpha value is -1.70. The van der Waals surface area contributed by atoms with E-state index in [0.29, 0.717) is 0 Å². The molecule has 2 rings (SSSR count). The Morgan fingerprint density at radius 3 is 2.64 bits per heavy atom. The van der Waals surface area contributed by atoms with Gasteiger partial charge in [0.25, 0.3) is 0 Å². The van der Waals surface area contributed by atoms with Crippen LogP contribution in [0.5, 0.6) is 0 Å². The van der Waals surface area contributed by atoms with E-state index in [1.807, 2.05) is 6.07 Å². The van der Waals surface area contributed by atoms with Crippen LogP contribution in [0.1, 0.15) is 11.1 Å². The van der Waals surface area contributed by atoms with Gasteiger partial charge in [-0.3, -0.25) is 0 Å². The fourth-order valence-corrected chi connectivity index (χ4v) is 1.48. The van der Waals surface area contributed by atoms with Crippen molar-refractivity contribution in [3.8, 4) is 11.3 Å². The lowest BCUT2D eigenvalue weighted by Crippen LogP contribution is -1.89. The van der Waals surface area contributed by atoms with Crippen LogP contribution >= 0.6 is 0 Å². The van der Waals surface area contributed by atoms with E-state index in [1.54, 1.807) is 12.5 Å². The third kappa shape index (κ3) is 1.51. The van der Waals surface area contributed by atoms with Crippen molar-refractivity contribution in [3.05, 3.63) is 47.9 Å². The molecule has 0 radical (unpaired) electrons. The van der Waals surface area contributed by atoms with Crippen molar-refractivity contribution >= 4 is 0 Å². The van der Waals surface area contributed by atoms with Crippen LogP contribution in [-0.2, 0) is 0 Å². The Labute approximate surface area is 83.7 Å². The second-order valence-electron chi connectivity index (χ2n) is 3.34. The molecule has 2 nitrogen and oxygen atoms in total. The summed E-state index contributed by atoms with van der Waals surface area (Å²) < 4.78 is 0. The quantitative estimate of drug-likeness (QED) is 0.681. The summed E-state index contributed by atoms with van der Waals surface area (Å²) in [5.41, 5.74) is 4.75. The monoisotopic (exact) mass is 184 g/mol. The highest BCUT2D eigenvalue weighted by atomic mass is 14.8. The molecule has 0 saturated carbocycles. The van der Waals surface area contributed by atoms with E-state index in [2.05, 4.69) is 42.0 Å². The molecular formula is C12H12N2. The van der Waals surface area contributed by atoms with Gasteiger partial charge in [-0.05, 0) is 31.0 Å². The molecule has 0 spiro atoms. The third-order valence-corrected chi connectivity index (χ3v) is 2.46. The Bertz CT molecular complexity index is 435. The van der Waals surface area contributed by atoms with Gasteiger partial charge >= 0.3 is 0 Å². The number of hydrogen-bond acceptors (Lipinski definition) is 2. The van der Waals surface area contributed by atoms with Crippen molar-refractivity contribution in [2.24, 2.45) is 0 Å². The van der Waals surface area contributed by atoms with Crippen molar-refractivity contribution in [3.63, 3.8) is 0 Å². The van der Waals surface area contributed by atoms with Gasteiger partial charge in [0, 0.05) is 11.8 Å². The molecule has 0 aliphatic rings. The first-order valence-corrected chi connectivity index (χ1v) is 4.61. The lowest BCUT2D eigenvalue weighted by molar-refractivity contribution is 1.16. The number of rotatable bonds is 1. The Kier molecular flexibility index (Phi) is 2.27. The van der Waals surface area contributed by atoms with Crippen LogP contribution in [0.3, 0.4) is 0 Å². The highest BCUT2D eigenvalue weighted by Crippen LogP contribution is 2.22. The summed E-state index contributed by atoms with van der Waals surface area (Å²) in [6.45, 7) is 4.23. The molecule has 0 unspecified atom stereocenters. The SMILES string of the molecule is Cc1cccc(-c2ccncn2)c1C. The zero-order chi connectivity index (χ0) is 9.97. The van der Waals surface area contributed by atoms with Crippen LogP contribution < -0.4 is 0 Å². The fourth-order valence-electron chi connectivity index (χ4n) is 1.48. The predicted molar refractivity (Wildman–Crippen MR) is 56.9 cm³/mol. The summed E-state index contributed by atoms with van der Waals surface area (Å²) in [6.07, 6.45) is 3.35. The first-order chi connectivity index (χ1) is 6.79. The number of benzene rings is 1. The maximum atomic E-state index is 4.24. The third-order valence-electron chi connectivity index (χ3n) is 2.46. The molecule has 0 amide bonds. The van der Waals surface area contributed by atoms with E-state index >= 15 is 0 Å². The van der Waals surface area contributed by atoms with Gasteiger partial charge in [-0.25, -0.2) is 9.97 Å². The van der Waals surface area contributed by atoms with Gasteiger partial charge in [0.05, 0.1) is 5.69 Å². The maximum Gasteiger partial charge on any atom is 0.116 e. The minimum absolute atomic E-state index is 0.987. The van der Waals surface area contributed by atoms with E-state index in [1.165, 1.54) is 16.7 Å². The standard InChI is InChI=1S/C12H12N2/c1-9-4-3-5-11(10(9)2)12-6-7-13-8-14-12/h3-8H,1-2H3. The largest absolute Gasteiger partial charge is 0.245 e. The second kappa shape index (κ2) is 3.58. The van der Waals surface area contributed by atoms with Crippen molar-refractivity contribution in [2.75, 3.05) is 0 Å². The van der Waals surface area contributed by atoms with Crippen LogP contribution in [0, 0.1) is 13.8 Å². The molecular weight excluding hydrogens is 172 g/mol. The van der Waals surface area contributed by atoms with Gasteiger partial charge in [-0.1, -0.05) is 18.2 Å². The number of nitrogens with zero attached hydrogens (tertiary/aromatic N) is 2. The van der Waals surface area contributed by atoms with Crippen molar-refractivity contribution in [2.45, 2.75) is 13.8 Å². The summed E-state index contributed by atoms with van der Waals surface area (Å²) in [5, 5.41) is 0. The smallest absolute Gasteiger partial charge is 0.116 e. The molecule has 1 aromatic carbocycles. The lowest BCUT2D eigenvalue weighted by Gasteiger charge is -2.06. The Balaban J connectivity index is 2.58. The molecule has 0 N–H and O–H groups in total. The first kappa shape index (κ1) is 8.88. The molecule has 2 aromatic rings. The second-order valence-corrected chi connectivity index (χ2v) is 3.34. The molecule has 14 heavy (non-hydrogen) atoms. The van der Waals surface area contributed by atoms with Gasteiger partial charge in [0.15, 0.2) is 0 Å². The van der Waals surface area contributed by atoms with E-state index < -0.39 is 0 Å². The maximum absolute atomic E-state index is 4.24. The highest BCUT2D eigenvalue weighted by molar-refractivity contribution is 5.64. The summed E-state index contributed by atoms with van der Waals surface area (Å²) in [7, 11) is 0. The number of hydrogen-bond donors (Lipinski definition) is 0. The van der Waals surface area contributed by atoms with Gasteiger partial charge < -0.3 is 0 Å². The number of aryl methyl sites for hydroxylation is 1. The molecule has 0 fully saturated rings. The van der Waals surface area contributed by atoms with E-state index in [-0.39, 0.29) is 0 Å². The molecule has 70 valence electrons. The van der Waals surface area contributed by atoms with Crippen molar-refractivity contribution in [1.82, 2.24) is 9.97 Å². The van der Waals surface area contributed by atoms with Gasteiger partial charge in [-0.15, -0.1) is 0 Å². The summed E-state index contributed by atoms with van der Waals surface area (Å²) in [5.74, 6) is 0. The van der Waals surface area contributed by atoms with E-state index in [9.17, 15) is 0 Å². The van der Waals surface area contributed by atoms with Crippen LogP contribution in [0.4, 0.5) is 0 Å². The topological polar surface area (TPSA) is 25.8 Å². The van der Waals surface area contributed by atoms with Crippen LogP contribution in [0.15, 0.2) is 36.8 Å². The molecule has 0 bridgehead atoms. The Morgan fingerprint density at radius 1 is 1.07 bits per heavy atom. The molecule has 0 atom stereocenters. The molecule has 0 aliphatic heterocycles. The molecule has 2 heteroatoms.